The molecule has 11 heteroatoms. The maximum atomic E-state index is 13.9. The number of rotatable bonds is 7. The van der Waals surface area contributed by atoms with E-state index in [1.807, 2.05) is 0 Å². The zero-order chi connectivity index (χ0) is 23.0. The molecule has 1 aliphatic rings. The van der Waals surface area contributed by atoms with Gasteiger partial charge in [0.15, 0.2) is 11.4 Å². The van der Waals surface area contributed by atoms with Gasteiger partial charge in [-0.1, -0.05) is 17.7 Å². The van der Waals surface area contributed by atoms with E-state index in [4.69, 9.17) is 21.4 Å². The molecule has 168 valence electrons. The molecule has 0 atom stereocenters. The van der Waals surface area contributed by atoms with Crippen LogP contribution in [0.1, 0.15) is 34.6 Å². The molecule has 1 saturated carbocycles. The van der Waals surface area contributed by atoms with E-state index < -0.39 is 35.8 Å². The molecular weight excluding hydrogens is 446 g/mol. The number of nitrogens with zero attached hydrogens (tertiary/aromatic N) is 2. The van der Waals surface area contributed by atoms with Crippen molar-refractivity contribution in [2.45, 2.75) is 31.9 Å². The molecule has 2 amide bonds. The Balaban J connectivity index is 1.59. The van der Waals surface area contributed by atoms with E-state index in [-0.39, 0.29) is 34.2 Å². The number of pyridine rings is 1. The van der Waals surface area contributed by atoms with Crippen LogP contribution in [0, 0.1) is 18.6 Å². The molecule has 0 bridgehead atoms. The molecule has 0 aliphatic heterocycles. The molecular formula is C21H19ClF2N4O4. The minimum Gasteiger partial charge on any atom is -0.485 e. The Morgan fingerprint density at radius 2 is 2.00 bits per heavy atom. The number of imidazole rings is 1. The van der Waals surface area contributed by atoms with Gasteiger partial charge in [0, 0.05) is 18.8 Å². The highest BCUT2D eigenvalue weighted by Crippen LogP contribution is 2.34. The van der Waals surface area contributed by atoms with Gasteiger partial charge in [-0.3, -0.25) is 9.20 Å². The Hall–Kier alpha value is -3.40. The normalized spacial score (nSPS) is 14.2. The van der Waals surface area contributed by atoms with Crippen molar-refractivity contribution >= 4 is 29.2 Å². The molecule has 3 N–H and O–H groups in total. The van der Waals surface area contributed by atoms with Crippen LogP contribution in [0.25, 0.3) is 5.65 Å². The third-order valence-electron chi connectivity index (χ3n) is 5.29. The quantitative estimate of drug-likeness (QED) is 0.494. The van der Waals surface area contributed by atoms with Gasteiger partial charge in [-0.15, -0.1) is 0 Å². The van der Waals surface area contributed by atoms with Crippen molar-refractivity contribution in [3.05, 3.63) is 64.1 Å². The summed E-state index contributed by atoms with van der Waals surface area (Å²) in [5, 5.41) is 14.3. The number of hydrogen-bond acceptors (Lipinski definition) is 4. The van der Waals surface area contributed by atoms with Crippen molar-refractivity contribution in [1.82, 2.24) is 20.0 Å². The number of benzene rings is 1. The van der Waals surface area contributed by atoms with E-state index in [2.05, 4.69) is 15.6 Å². The Bertz CT molecular complexity index is 1210. The maximum absolute atomic E-state index is 13.9. The molecule has 3 aromatic rings. The number of aryl methyl sites for hydroxylation is 1. The minimum absolute atomic E-state index is 0.126. The number of carbonyl (C=O) groups is 2. The summed E-state index contributed by atoms with van der Waals surface area (Å²) in [5.41, 5.74) is -0.0876. The first kappa shape index (κ1) is 21.8. The van der Waals surface area contributed by atoms with Crippen molar-refractivity contribution in [2.75, 3.05) is 6.54 Å². The monoisotopic (exact) mass is 464 g/mol. The summed E-state index contributed by atoms with van der Waals surface area (Å²) < 4.78 is 34.9. The fraction of sp³-hybridized carbons (Fsp3) is 0.286. The second kappa shape index (κ2) is 8.27. The van der Waals surface area contributed by atoms with Gasteiger partial charge >= 0.3 is 6.09 Å². The minimum atomic E-state index is -1.15. The van der Waals surface area contributed by atoms with Gasteiger partial charge in [-0.05, 0) is 31.9 Å². The standard InChI is InChI=1S/C21H19ClF2N4O4/c1-11-17(19(29)25-10-21(5-6-21)27-20(30)31)28-8-12(22)7-16(18(28)26-11)32-9-13-14(23)3-2-4-15(13)24/h2-4,7-8,27H,5-6,9-10H2,1H3,(H,25,29)(H,30,31). The zero-order valence-electron chi connectivity index (χ0n) is 16.9. The fourth-order valence-corrected chi connectivity index (χ4v) is 3.65. The van der Waals surface area contributed by atoms with Crippen LogP contribution in [0.15, 0.2) is 30.5 Å². The SMILES string of the molecule is Cc1nc2c(OCc3c(F)cccc3F)cc(Cl)cn2c1C(=O)NCC1(NC(=O)O)CC1. The average Bonchev–Trinajstić information content (AvgIpc) is 3.38. The second-order valence-electron chi connectivity index (χ2n) is 7.64. The molecule has 4 rings (SSSR count). The first-order valence-electron chi connectivity index (χ1n) is 9.72. The summed E-state index contributed by atoms with van der Waals surface area (Å²) in [4.78, 5) is 28.1. The van der Waals surface area contributed by atoms with Crippen LogP contribution < -0.4 is 15.4 Å². The molecule has 2 aromatic heterocycles. The number of nitrogens with one attached hydrogen (secondary N) is 2. The highest BCUT2D eigenvalue weighted by atomic mass is 35.5. The number of fused-ring (bicyclic) bond motifs is 1. The summed E-state index contributed by atoms with van der Waals surface area (Å²) in [7, 11) is 0. The van der Waals surface area contributed by atoms with Crippen LogP contribution in [-0.2, 0) is 6.61 Å². The van der Waals surface area contributed by atoms with Crippen molar-refractivity contribution in [3.8, 4) is 5.75 Å². The van der Waals surface area contributed by atoms with E-state index in [1.54, 1.807) is 6.92 Å². The predicted molar refractivity (Wildman–Crippen MR) is 111 cm³/mol. The Labute approximate surface area is 186 Å². The van der Waals surface area contributed by atoms with E-state index in [9.17, 15) is 18.4 Å². The molecule has 1 fully saturated rings. The Morgan fingerprint density at radius 3 is 2.62 bits per heavy atom. The van der Waals surface area contributed by atoms with Crippen LogP contribution in [-0.4, -0.2) is 38.6 Å². The number of aromatic nitrogens is 2. The summed E-state index contributed by atoms with van der Waals surface area (Å²) in [6.45, 7) is 1.35. The largest absolute Gasteiger partial charge is 0.485 e. The smallest absolute Gasteiger partial charge is 0.405 e. The first-order chi connectivity index (χ1) is 15.2. The van der Waals surface area contributed by atoms with Crippen LogP contribution in [0.2, 0.25) is 5.02 Å². The second-order valence-corrected chi connectivity index (χ2v) is 8.08. The molecule has 32 heavy (non-hydrogen) atoms. The third kappa shape index (κ3) is 4.31. The molecule has 0 radical (unpaired) electrons. The molecule has 8 nitrogen and oxygen atoms in total. The van der Waals surface area contributed by atoms with E-state index in [0.29, 0.717) is 18.5 Å². The highest BCUT2D eigenvalue weighted by molar-refractivity contribution is 6.30. The van der Waals surface area contributed by atoms with Gasteiger partial charge < -0.3 is 20.5 Å². The summed E-state index contributed by atoms with van der Waals surface area (Å²) in [5.74, 6) is -1.81. The fourth-order valence-electron chi connectivity index (χ4n) is 3.45. The van der Waals surface area contributed by atoms with Crippen LogP contribution in [0.5, 0.6) is 5.75 Å². The number of ether oxygens (including phenoxy) is 1. The third-order valence-corrected chi connectivity index (χ3v) is 5.50. The number of halogens is 3. The number of carbonyl (C=O) groups excluding carboxylic acids is 1. The molecule has 0 unspecified atom stereocenters. The number of carboxylic acid groups (broad SMARTS) is 1. The lowest BCUT2D eigenvalue weighted by Gasteiger charge is -2.16. The van der Waals surface area contributed by atoms with Gasteiger partial charge in [0.2, 0.25) is 0 Å². The zero-order valence-corrected chi connectivity index (χ0v) is 17.7. The maximum Gasteiger partial charge on any atom is 0.405 e. The molecule has 2 heterocycles. The summed E-state index contributed by atoms with van der Waals surface area (Å²) >= 11 is 6.19. The number of hydrogen-bond donors (Lipinski definition) is 3. The molecule has 1 aliphatic carbocycles. The van der Waals surface area contributed by atoms with Crippen LogP contribution in [0.4, 0.5) is 13.6 Å². The lowest BCUT2D eigenvalue weighted by molar-refractivity contribution is 0.0939. The Morgan fingerprint density at radius 1 is 1.31 bits per heavy atom. The topological polar surface area (TPSA) is 105 Å². The predicted octanol–water partition coefficient (Wildman–Crippen LogP) is 3.68. The number of amides is 2. The van der Waals surface area contributed by atoms with Crippen molar-refractivity contribution < 1.29 is 28.2 Å². The van der Waals surface area contributed by atoms with Crippen molar-refractivity contribution in [1.29, 1.82) is 0 Å². The average molecular weight is 465 g/mol. The van der Waals surface area contributed by atoms with Crippen molar-refractivity contribution in [2.24, 2.45) is 0 Å². The highest BCUT2D eigenvalue weighted by Gasteiger charge is 2.44. The van der Waals surface area contributed by atoms with Crippen LogP contribution >= 0.6 is 11.6 Å². The summed E-state index contributed by atoms with van der Waals surface area (Å²) in [6, 6.07) is 4.96. The lowest BCUT2D eigenvalue weighted by atomic mass is 10.2. The van der Waals surface area contributed by atoms with E-state index in [0.717, 1.165) is 12.1 Å². The molecule has 0 saturated heterocycles. The lowest BCUT2D eigenvalue weighted by Crippen LogP contribution is -2.45. The van der Waals surface area contributed by atoms with E-state index >= 15 is 0 Å². The molecule has 0 spiro atoms. The van der Waals surface area contributed by atoms with Gasteiger partial charge in [0.1, 0.15) is 23.9 Å². The Kier molecular flexibility index (Phi) is 5.64. The van der Waals surface area contributed by atoms with Crippen LogP contribution in [0.3, 0.4) is 0 Å². The van der Waals surface area contributed by atoms with Crippen molar-refractivity contribution in [3.63, 3.8) is 0 Å². The van der Waals surface area contributed by atoms with Gasteiger partial charge in [0.05, 0.1) is 21.8 Å². The van der Waals surface area contributed by atoms with Gasteiger partial charge in [-0.25, -0.2) is 18.6 Å². The first-order valence-corrected chi connectivity index (χ1v) is 10.1. The van der Waals surface area contributed by atoms with Gasteiger partial charge in [0.25, 0.3) is 5.91 Å². The van der Waals surface area contributed by atoms with E-state index in [1.165, 1.54) is 22.7 Å². The summed E-state index contributed by atoms with van der Waals surface area (Å²) in [6.07, 6.45) is 1.58. The molecule has 1 aromatic carbocycles. The van der Waals surface area contributed by atoms with Gasteiger partial charge in [-0.2, -0.15) is 0 Å².